The van der Waals surface area contributed by atoms with Gasteiger partial charge in [0.05, 0.1) is 11.6 Å². The van der Waals surface area contributed by atoms with Crippen molar-refractivity contribution < 1.29 is 9.13 Å². The maximum Gasteiger partial charge on any atom is 0.131 e. The number of ether oxygens (including phenoxy) is 1. The molecule has 0 aliphatic carbocycles. The van der Waals surface area contributed by atoms with E-state index in [4.69, 9.17) is 4.74 Å². The van der Waals surface area contributed by atoms with Crippen molar-refractivity contribution in [1.82, 2.24) is 5.32 Å². The lowest BCUT2D eigenvalue weighted by Crippen LogP contribution is -2.39. The maximum atomic E-state index is 14.0. The van der Waals surface area contributed by atoms with Gasteiger partial charge in [0, 0.05) is 12.0 Å². The Hall–Kier alpha value is -1.45. The highest BCUT2D eigenvalue weighted by molar-refractivity contribution is 5.86. The minimum absolute atomic E-state index is 0.0653. The molecule has 0 radical (unpaired) electrons. The second-order valence-corrected chi connectivity index (χ2v) is 5.67. The second-order valence-electron chi connectivity index (χ2n) is 5.67. The van der Waals surface area contributed by atoms with Gasteiger partial charge in [0.1, 0.15) is 5.82 Å². The van der Waals surface area contributed by atoms with E-state index >= 15 is 0 Å². The smallest absolute Gasteiger partial charge is 0.131 e. The number of benzene rings is 2. The zero-order valence-corrected chi connectivity index (χ0v) is 11.9. The molecule has 106 valence electrons. The molecule has 2 aromatic carbocycles. The van der Waals surface area contributed by atoms with E-state index in [9.17, 15) is 4.39 Å². The lowest BCUT2D eigenvalue weighted by atomic mass is 9.85. The highest BCUT2D eigenvalue weighted by atomic mass is 19.1. The number of hydrogen-bond donors (Lipinski definition) is 1. The van der Waals surface area contributed by atoms with E-state index in [1.807, 2.05) is 37.4 Å². The van der Waals surface area contributed by atoms with Crippen molar-refractivity contribution in [3.63, 3.8) is 0 Å². The minimum Gasteiger partial charge on any atom is -0.373 e. The van der Waals surface area contributed by atoms with Crippen LogP contribution in [0.15, 0.2) is 36.4 Å². The molecule has 0 spiro atoms. The summed E-state index contributed by atoms with van der Waals surface area (Å²) in [6.45, 7) is 2.94. The number of halogens is 1. The van der Waals surface area contributed by atoms with Crippen molar-refractivity contribution in [3.05, 3.63) is 47.8 Å². The van der Waals surface area contributed by atoms with Crippen molar-refractivity contribution in [2.45, 2.75) is 31.4 Å². The minimum atomic E-state index is -0.227. The lowest BCUT2D eigenvalue weighted by Gasteiger charge is -2.34. The molecule has 2 atom stereocenters. The van der Waals surface area contributed by atoms with Crippen LogP contribution < -0.4 is 5.32 Å². The molecule has 1 heterocycles. The van der Waals surface area contributed by atoms with E-state index in [-0.39, 0.29) is 17.5 Å². The quantitative estimate of drug-likeness (QED) is 0.918. The van der Waals surface area contributed by atoms with Crippen molar-refractivity contribution in [2.24, 2.45) is 0 Å². The van der Waals surface area contributed by atoms with Gasteiger partial charge in [0.2, 0.25) is 0 Å². The molecular formula is C17H20FNO. The summed E-state index contributed by atoms with van der Waals surface area (Å²) in [5.74, 6) is -0.170. The van der Waals surface area contributed by atoms with Crippen molar-refractivity contribution in [3.8, 4) is 0 Å². The Balaban J connectivity index is 2.15. The zero-order valence-electron chi connectivity index (χ0n) is 11.9. The zero-order chi connectivity index (χ0) is 14.2. The Morgan fingerprint density at radius 3 is 2.60 bits per heavy atom. The highest BCUT2D eigenvalue weighted by Crippen LogP contribution is 2.39. The van der Waals surface area contributed by atoms with Crippen LogP contribution in [0, 0.1) is 5.82 Å². The third-order valence-electron chi connectivity index (χ3n) is 4.36. The molecule has 1 fully saturated rings. The number of rotatable bonds is 3. The van der Waals surface area contributed by atoms with Crippen LogP contribution in [0.2, 0.25) is 0 Å². The van der Waals surface area contributed by atoms with Crippen LogP contribution in [0.4, 0.5) is 4.39 Å². The summed E-state index contributed by atoms with van der Waals surface area (Å²) in [7, 11) is 1.94. The number of hydrogen-bond acceptors (Lipinski definition) is 2. The Bertz CT molecular complexity index is 619. The predicted octanol–water partition coefficient (Wildman–Crippen LogP) is 3.81. The van der Waals surface area contributed by atoms with E-state index in [1.54, 1.807) is 6.07 Å². The average molecular weight is 273 g/mol. The standard InChI is InChI=1S/C17H20FNO/c1-17(10-5-11-20-17)16(19-2)14-8-9-15(18)13-7-4-3-6-12(13)14/h3-4,6-9,16,19H,5,10-11H2,1-2H3. The molecule has 0 aromatic heterocycles. The average Bonchev–Trinajstić information content (AvgIpc) is 2.90. The molecule has 2 nitrogen and oxygen atoms in total. The molecule has 1 aliphatic heterocycles. The summed E-state index contributed by atoms with van der Waals surface area (Å²) in [4.78, 5) is 0. The fourth-order valence-corrected chi connectivity index (χ4v) is 3.36. The largest absolute Gasteiger partial charge is 0.373 e. The summed E-state index contributed by atoms with van der Waals surface area (Å²) in [5, 5.41) is 5.00. The van der Waals surface area contributed by atoms with Gasteiger partial charge in [-0.1, -0.05) is 30.3 Å². The molecule has 0 bridgehead atoms. The molecule has 2 unspecified atom stereocenters. The summed E-state index contributed by atoms with van der Waals surface area (Å²) in [5.41, 5.74) is 0.879. The van der Waals surface area contributed by atoms with Crippen molar-refractivity contribution in [1.29, 1.82) is 0 Å². The van der Waals surface area contributed by atoms with Gasteiger partial charge in [-0.05, 0) is 43.8 Å². The van der Waals surface area contributed by atoms with Crippen LogP contribution in [-0.4, -0.2) is 19.3 Å². The second kappa shape index (κ2) is 5.15. The molecule has 0 saturated carbocycles. The Labute approximate surface area is 118 Å². The first-order chi connectivity index (χ1) is 9.65. The Morgan fingerprint density at radius 1 is 1.20 bits per heavy atom. The molecule has 3 rings (SSSR count). The fraction of sp³-hybridized carbons (Fsp3) is 0.412. The van der Waals surface area contributed by atoms with E-state index in [0.717, 1.165) is 30.4 Å². The monoisotopic (exact) mass is 273 g/mol. The molecule has 1 aliphatic rings. The molecule has 0 amide bonds. The molecule has 3 heteroatoms. The van der Waals surface area contributed by atoms with Crippen molar-refractivity contribution in [2.75, 3.05) is 13.7 Å². The summed E-state index contributed by atoms with van der Waals surface area (Å²) >= 11 is 0. The van der Waals surface area contributed by atoms with E-state index in [1.165, 1.54) is 0 Å². The summed E-state index contributed by atoms with van der Waals surface area (Å²) in [6, 6.07) is 11.1. The summed E-state index contributed by atoms with van der Waals surface area (Å²) < 4.78 is 19.9. The maximum absolute atomic E-state index is 14.0. The van der Waals surface area contributed by atoms with Crippen LogP contribution in [0.25, 0.3) is 10.8 Å². The van der Waals surface area contributed by atoms with Gasteiger partial charge in [-0.2, -0.15) is 0 Å². The fourth-order valence-electron chi connectivity index (χ4n) is 3.36. The number of nitrogens with one attached hydrogen (secondary N) is 1. The highest BCUT2D eigenvalue weighted by Gasteiger charge is 2.39. The van der Waals surface area contributed by atoms with Gasteiger partial charge in [-0.15, -0.1) is 0 Å². The number of likely N-dealkylation sites (N-methyl/N-ethyl adjacent to an activating group) is 1. The Morgan fingerprint density at radius 2 is 1.95 bits per heavy atom. The van der Waals surface area contributed by atoms with Gasteiger partial charge in [-0.25, -0.2) is 4.39 Å². The SMILES string of the molecule is CNC(c1ccc(F)c2ccccc12)C1(C)CCCO1. The first-order valence-corrected chi connectivity index (χ1v) is 7.14. The molecule has 2 aromatic rings. The first-order valence-electron chi connectivity index (χ1n) is 7.14. The normalized spacial score (nSPS) is 24.1. The van der Waals surface area contributed by atoms with Crippen LogP contribution in [0.1, 0.15) is 31.4 Å². The molecular weight excluding hydrogens is 253 g/mol. The van der Waals surface area contributed by atoms with Gasteiger partial charge in [-0.3, -0.25) is 0 Å². The van der Waals surface area contributed by atoms with Crippen molar-refractivity contribution >= 4 is 10.8 Å². The van der Waals surface area contributed by atoms with Crippen LogP contribution in [0.5, 0.6) is 0 Å². The van der Waals surface area contributed by atoms with Gasteiger partial charge < -0.3 is 10.1 Å². The molecule has 20 heavy (non-hydrogen) atoms. The van der Waals surface area contributed by atoms with E-state index in [0.29, 0.717) is 5.39 Å². The third kappa shape index (κ3) is 2.11. The molecule has 1 N–H and O–H groups in total. The van der Waals surface area contributed by atoms with E-state index < -0.39 is 0 Å². The van der Waals surface area contributed by atoms with E-state index in [2.05, 4.69) is 12.2 Å². The summed E-state index contributed by atoms with van der Waals surface area (Å²) in [6.07, 6.45) is 2.10. The van der Waals surface area contributed by atoms with Crippen LogP contribution in [-0.2, 0) is 4.74 Å². The number of fused-ring (bicyclic) bond motifs is 1. The Kier molecular flexibility index (Phi) is 3.48. The van der Waals surface area contributed by atoms with Gasteiger partial charge in [0.15, 0.2) is 0 Å². The van der Waals surface area contributed by atoms with Crippen LogP contribution in [0.3, 0.4) is 0 Å². The molecule has 1 saturated heterocycles. The van der Waals surface area contributed by atoms with Gasteiger partial charge in [0.25, 0.3) is 0 Å². The third-order valence-corrected chi connectivity index (χ3v) is 4.36. The van der Waals surface area contributed by atoms with Gasteiger partial charge >= 0.3 is 0 Å². The predicted molar refractivity (Wildman–Crippen MR) is 79.3 cm³/mol. The lowest BCUT2D eigenvalue weighted by molar-refractivity contribution is -0.0101. The topological polar surface area (TPSA) is 21.3 Å². The van der Waals surface area contributed by atoms with Crippen LogP contribution >= 0.6 is 0 Å². The first kappa shape index (κ1) is 13.5.